The minimum Gasteiger partial charge on any atom is -0.504 e. The summed E-state index contributed by atoms with van der Waals surface area (Å²) in [7, 11) is 0. The standard InChI is InChI=1S/C31H36O11/c1-16(2)8-7-9-17(3)12-13-39-30(38)29-27(36)26(35)28(37)31(42-29)41-22-15-21-23(25(34)24(22)33)19(32)14-20(40-21)18-10-5-4-6-11-18/h4-6,8,10-11,14-15,17,26-29,31,33-37H,7,9,12-13H2,1-3H3/t17?,26-,27-,28+,29-,31+/m0/s1. The van der Waals surface area contributed by atoms with Crippen LogP contribution in [0.3, 0.4) is 0 Å². The Kier molecular flexibility index (Phi) is 9.89. The highest BCUT2D eigenvalue weighted by Crippen LogP contribution is 2.42. The van der Waals surface area contributed by atoms with Gasteiger partial charge >= 0.3 is 5.97 Å². The van der Waals surface area contributed by atoms with Gasteiger partial charge in [0.15, 0.2) is 23.0 Å². The van der Waals surface area contributed by atoms with Crippen LogP contribution in [0.15, 0.2) is 63.3 Å². The number of benzene rings is 2. The van der Waals surface area contributed by atoms with Crippen molar-refractivity contribution in [1.29, 1.82) is 0 Å². The SMILES string of the molecule is CC(C)=CCCC(C)CCOC(=O)[C@H]1O[C@@H](Oc2cc3oc(-c4ccccc4)cc(=O)c3c(O)c2O)[C@H](O)[C@@H](O)[C@@H]1O. The normalized spacial score (nSPS) is 22.9. The number of aliphatic hydroxyl groups excluding tert-OH is 3. The van der Waals surface area contributed by atoms with Gasteiger partial charge in [0.1, 0.15) is 35.0 Å². The van der Waals surface area contributed by atoms with Gasteiger partial charge in [0.05, 0.1) is 6.61 Å². The maximum absolute atomic E-state index is 12.8. The molecule has 226 valence electrons. The van der Waals surface area contributed by atoms with E-state index in [4.69, 9.17) is 18.6 Å². The average molecular weight is 585 g/mol. The smallest absolute Gasteiger partial charge is 0.338 e. The van der Waals surface area contributed by atoms with Crippen LogP contribution < -0.4 is 10.2 Å². The Morgan fingerprint density at radius 2 is 1.71 bits per heavy atom. The van der Waals surface area contributed by atoms with Crippen LogP contribution in [0.25, 0.3) is 22.3 Å². The summed E-state index contributed by atoms with van der Waals surface area (Å²) in [5.74, 6) is -2.69. The number of aromatic hydroxyl groups is 2. The predicted octanol–water partition coefficient (Wildman–Crippen LogP) is 3.37. The van der Waals surface area contributed by atoms with E-state index in [0.29, 0.717) is 12.0 Å². The number of allylic oxidation sites excluding steroid dienone is 2. The van der Waals surface area contributed by atoms with E-state index in [0.717, 1.165) is 18.9 Å². The van der Waals surface area contributed by atoms with Crippen molar-refractivity contribution >= 4 is 16.9 Å². The second kappa shape index (κ2) is 13.4. The lowest BCUT2D eigenvalue weighted by Crippen LogP contribution is -2.61. The van der Waals surface area contributed by atoms with E-state index >= 15 is 0 Å². The molecule has 1 unspecified atom stereocenters. The van der Waals surface area contributed by atoms with Gasteiger partial charge in [-0.25, -0.2) is 4.79 Å². The quantitative estimate of drug-likeness (QED) is 0.134. The molecule has 5 N–H and O–H groups in total. The maximum Gasteiger partial charge on any atom is 0.338 e. The Hall–Kier alpha value is -3.90. The molecule has 4 rings (SSSR count). The van der Waals surface area contributed by atoms with E-state index in [2.05, 4.69) is 6.08 Å². The summed E-state index contributed by atoms with van der Waals surface area (Å²) in [5.41, 5.74) is 1.03. The number of esters is 1. The van der Waals surface area contributed by atoms with E-state index in [9.17, 15) is 35.1 Å². The van der Waals surface area contributed by atoms with Gasteiger partial charge in [-0.3, -0.25) is 4.79 Å². The van der Waals surface area contributed by atoms with Crippen molar-refractivity contribution < 1.29 is 49.0 Å². The molecular weight excluding hydrogens is 548 g/mol. The van der Waals surface area contributed by atoms with Crippen LogP contribution in [0.2, 0.25) is 0 Å². The number of phenols is 2. The molecule has 6 atom stereocenters. The summed E-state index contributed by atoms with van der Waals surface area (Å²) in [6.45, 7) is 6.12. The molecular formula is C31H36O11. The van der Waals surface area contributed by atoms with Crippen molar-refractivity contribution in [2.45, 2.75) is 70.7 Å². The van der Waals surface area contributed by atoms with Crippen LogP contribution in [-0.2, 0) is 14.3 Å². The van der Waals surface area contributed by atoms with Gasteiger partial charge in [0.25, 0.3) is 0 Å². The molecule has 3 aromatic rings. The fourth-order valence-electron chi connectivity index (χ4n) is 4.61. The fourth-order valence-corrected chi connectivity index (χ4v) is 4.61. The summed E-state index contributed by atoms with van der Waals surface area (Å²) < 4.78 is 22.1. The summed E-state index contributed by atoms with van der Waals surface area (Å²) in [5, 5.41) is 52.2. The van der Waals surface area contributed by atoms with Gasteiger partial charge in [0.2, 0.25) is 12.0 Å². The first-order valence-electron chi connectivity index (χ1n) is 13.7. The van der Waals surface area contributed by atoms with Gasteiger partial charge in [-0.05, 0) is 39.0 Å². The number of fused-ring (bicyclic) bond motifs is 1. The fraction of sp³-hybridized carbons (Fsp3) is 0.419. The van der Waals surface area contributed by atoms with Gasteiger partial charge < -0.3 is 44.2 Å². The zero-order chi connectivity index (χ0) is 30.6. The first kappa shape index (κ1) is 31.0. The first-order valence-corrected chi connectivity index (χ1v) is 13.7. The second-order valence-electron chi connectivity index (χ2n) is 10.7. The second-order valence-corrected chi connectivity index (χ2v) is 10.7. The van der Waals surface area contributed by atoms with Crippen molar-refractivity contribution in [2.75, 3.05) is 6.61 Å². The molecule has 0 aliphatic carbocycles. The molecule has 1 aromatic heterocycles. The molecule has 0 radical (unpaired) electrons. The number of phenolic OH excluding ortho intramolecular Hbond substituents is 2. The molecule has 11 heteroatoms. The molecule has 2 aromatic carbocycles. The Balaban J connectivity index is 1.51. The Labute approximate surface area is 242 Å². The third-order valence-electron chi connectivity index (χ3n) is 7.10. The molecule has 0 saturated carbocycles. The maximum atomic E-state index is 12.8. The Morgan fingerprint density at radius 1 is 1.00 bits per heavy atom. The van der Waals surface area contributed by atoms with Gasteiger partial charge in [0, 0.05) is 17.7 Å². The monoisotopic (exact) mass is 584 g/mol. The average Bonchev–Trinajstić information content (AvgIpc) is 2.95. The molecule has 11 nitrogen and oxygen atoms in total. The Morgan fingerprint density at radius 3 is 2.40 bits per heavy atom. The minimum absolute atomic E-state index is 0.0493. The zero-order valence-electron chi connectivity index (χ0n) is 23.6. The van der Waals surface area contributed by atoms with Crippen LogP contribution in [0.1, 0.15) is 40.0 Å². The highest BCUT2D eigenvalue weighted by molar-refractivity contribution is 5.89. The lowest BCUT2D eigenvalue weighted by molar-refractivity contribution is -0.272. The minimum atomic E-state index is -1.87. The van der Waals surface area contributed by atoms with E-state index in [1.807, 2.05) is 20.8 Å². The van der Waals surface area contributed by atoms with E-state index < -0.39 is 59.4 Å². The van der Waals surface area contributed by atoms with Crippen LogP contribution in [0.4, 0.5) is 0 Å². The molecule has 0 bridgehead atoms. The molecule has 1 aliphatic rings. The Bertz CT molecular complexity index is 1480. The summed E-state index contributed by atoms with van der Waals surface area (Å²) in [6, 6.07) is 11.0. The lowest BCUT2D eigenvalue weighted by atomic mass is 9.98. The van der Waals surface area contributed by atoms with Crippen LogP contribution in [0.5, 0.6) is 17.2 Å². The molecule has 0 spiro atoms. The van der Waals surface area contributed by atoms with Gasteiger partial charge in [-0.1, -0.05) is 48.9 Å². The van der Waals surface area contributed by atoms with E-state index in [1.165, 1.54) is 11.6 Å². The molecule has 2 heterocycles. The highest BCUT2D eigenvalue weighted by atomic mass is 16.7. The van der Waals surface area contributed by atoms with Crippen LogP contribution in [0, 0.1) is 5.92 Å². The molecule has 1 fully saturated rings. The first-order chi connectivity index (χ1) is 20.0. The summed E-state index contributed by atoms with van der Waals surface area (Å²) in [4.78, 5) is 25.5. The van der Waals surface area contributed by atoms with Crippen LogP contribution >= 0.6 is 0 Å². The number of ether oxygens (including phenoxy) is 3. The number of carbonyl (C=O) groups is 1. The van der Waals surface area contributed by atoms with Crippen molar-refractivity contribution in [1.82, 2.24) is 0 Å². The third kappa shape index (κ3) is 6.93. The number of aliphatic hydroxyl groups is 3. The van der Waals surface area contributed by atoms with Crippen LogP contribution in [-0.4, -0.2) is 68.8 Å². The van der Waals surface area contributed by atoms with Gasteiger partial charge in [-0.2, -0.15) is 0 Å². The van der Waals surface area contributed by atoms with Crippen molar-refractivity contribution in [2.24, 2.45) is 5.92 Å². The summed E-state index contributed by atoms with van der Waals surface area (Å²) in [6.07, 6.45) is -4.56. The predicted molar refractivity (Wildman–Crippen MR) is 152 cm³/mol. The van der Waals surface area contributed by atoms with Gasteiger partial charge in [-0.15, -0.1) is 0 Å². The van der Waals surface area contributed by atoms with Crippen molar-refractivity contribution in [3.8, 4) is 28.6 Å². The number of hydrogen-bond donors (Lipinski definition) is 5. The lowest BCUT2D eigenvalue weighted by Gasteiger charge is -2.39. The molecule has 1 aliphatic heterocycles. The number of hydrogen-bond acceptors (Lipinski definition) is 11. The topological polar surface area (TPSA) is 176 Å². The highest BCUT2D eigenvalue weighted by Gasteiger charge is 2.49. The largest absolute Gasteiger partial charge is 0.504 e. The van der Waals surface area contributed by atoms with Crippen molar-refractivity contribution in [3.63, 3.8) is 0 Å². The summed E-state index contributed by atoms with van der Waals surface area (Å²) >= 11 is 0. The zero-order valence-corrected chi connectivity index (χ0v) is 23.6. The van der Waals surface area contributed by atoms with E-state index in [-0.39, 0.29) is 29.3 Å². The number of carbonyl (C=O) groups excluding carboxylic acids is 1. The molecule has 42 heavy (non-hydrogen) atoms. The third-order valence-corrected chi connectivity index (χ3v) is 7.10. The molecule has 1 saturated heterocycles. The molecule has 0 amide bonds. The number of rotatable bonds is 10. The van der Waals surface area contributed by atoms with E-state index in [1.54, 1.807) is 30.3 Å². The van der Waals surface area contributed by atoms with Crippen molar-refractivity contribution in [3.05, 3.63) is 64.3 Å².